The van der Waals surface area contributed by atoms with E-state index in [-0.39, 0.29) is 35.5 Å². The summed E-state index contributed by atoms with van der Waals surface area (Å²) >= 11 is 0. The molecule has 0 radical (unpaired) electrons. The fourth-order valence-electron chi connectivity index (χ4n) is 17.5. The van der Waals surface area contributed by atoms with Gasteiger partial charge in [0.25, 0.3) is 0 Å². The summed E-state index contributed by atoms with van der Waals surface area (Å²) in [6.45, 7) is 12.1. The summed E-state index contributed by atoms with van der Waals surface area (Å²) in [7, 11) is 0. The fraction of sp³-hybridized carbons (Fsp3) is 0.967. The van der Waals surface area contributed by atoms with Crippen LogP contribution in [0.15, 0.2) is 11.6 Å². The lowest BCUT2D eigenvalue weighted by Crippen LogP contribution is -2.69. The van der Waals surface area contributed by atoms with Crippen LogP contribution in [0.25, 0.3) is 0 Å². The molecule has 0 spiro atoms. The molecule has 88 heavy (non-hydrogen) atoms. The lowest BCUT2D eigenvalue weighted by atomic mass is 9.38. The zero-order valence-electron chi connectivity index (χ0n) is 51.4. The first-order valence-corrected chi connectivity index (χ1v) is 31.4. The largest absolute Gasteiger partial charge is 0.394 e. The first kappa shape index (κ1) is 70.9. The third-order valence-electron chi connectivity index (χ3n) is 23.2. The second kappa shape index (κ2) is 27.0. The summed E-state index contributed by atoms with van der Waals surface area (Å²) in [6.07, 6.45) is -37.5. The SMILES string of the molecule is C[C@H](CC[C@@H](O[C@@H]1O[C@H](CO[C@H]2O[C@H](CO)[C@@H](O)[C@H](O)[C@H]2O)[C@@H](C2O[C@H](CO)[C@@H](O)[C@H](O)[C@H]2O)[C@H](O)[C@H]1O[C@@H]1O[C@H](CO)[C@@H](O)[C@H](O)[C@H]1O)C(C)(C)O)C1CC[C@@]2(C)C3CC=C4C(CC[C@H](O[C@@H]5O[C@H](CO)[C@@H](O)[C@H](O)[C@H]5O)C4(C)C)[C@]3(C)[C@H](O)C[C@]12C. The second-order valence-electron chi connectivity index (χ2n) is 28.8. The van der Waals surface area contributed by atoms with Gasteiger partial charge in [0.1, 0.15) is 104 Å². The number of hydrogen-bond donors (Lipinski definition) is 19. The molecule has 35 atom stereocenters. The van der Waals surface area contributed by atoms with Gasteiger partial charge < -0.3 is 140 Å². The summed E-state index contributed by atoms with van der Waals surface area (Å²) in [5.41, 5.74) is -2.42. The summed E-state index contributed by atoms with van der Waals surface area (Å²) in [6, 6.07) is 0. The molecule has 3 saturated carbocycles. The van der Waals surface area contributed by atoms with Crippen molar-refractivity contribution >= 4 is 0 Å². The summed E-state index contributed by atoms with van der Waals surface area (Å²) < 4.78 is 55.0. The van der Waals surface area contributed by atoms with Crippen molar-refractivity contribution in [3.63, 3.8) is 0 Å². The van der Waals surface area contributed by atoms with E-state index in [1.54, 1.807) is 0 Å². The normalized spacial score (nSPS) is 52.2. The number of rotatable bonds is 19. The van der Waals surface area contributed by atoms with Gasteiger partial charge in [-0.05, 0) is 99.7 Å². The Labute approximate surface area is 512 Å². The average Bonchev–Trinajstić information content (AvgIpc) is 1.27. The van der Waals surface area contributed by atoms with Gasteiger partial charge in [0.05, 0.1) is 75.3 Å². The molecule has 510 valence electrons. The Kier molecular flexibility index (Phi) is 21.8. The van der Waals surface area contributed by atoms with Gasteiger partial charge in [-0.1, -0.05) is 53.2 Å². The van der Waals surface area contributed by atoms with Crippen LogP contribution in [0.3, 0.4) is 0 Å². The van der Waals surface area contributed by atoms with Crippen LogP contribution in [0.2, 0.25) is 0 Å². The average molecular weight is 1270 g/mol. The van der Waals surface area contributed by atoms with Crippen molar-refractivity contribution < 1.29 is 140 Å². The van der Waals surface area contributed by atoms with Gasteiger partial charge in [0, 0.05) is 16.7 Å². The molecular weight excluding hydrogens is 1170 g/mol. The highest BCUT2D eigenvalue weighted by atomic mass is 16.8. The van der Waals surface area contributed by atoms with Crippen LogP contribution in [0.4, 0.5) is 0 Å². The Morgan fingerprint density at radius 2 is 1.03 bits per heavy atom. The van der Waals surface area contributed by atoms with E-state index in [0.717, 1.165) is 18.4 Å². The Morgan fingerprint density at radius 3 is 1.57 bits per heavy atom. The van der Waals surface area contributed by atoms with Crippen LogP contribution in [-0.2, 0) is 42.6 Å². The molecule has 5 saturated heterocycles. The van der Waals surface area contributed by atoms with E-state index in [0.29, 0.717) is 32.1 Å². The standard InChI is InChI=1S/C60H102O28/c1-23(24-15-16-58(6)32-12-10-25-26(60(32,8)33(65)17-59(24,58)7)11-14-34(56(25,2)3)86-53-48(77)44(73)39(68)29(20-63)83-53)9-13-35(57(4,5)79)87-55-51(88-54-49(78)45(74)40(69)30(21-64)84-54)41(70)36(50-46(75)42(71)37(66)27(18-61)81-50)31(85-55)22-80-52-47(76)43(72)38(67)28(19-62)82-52/h10,23-24,26-55,61-79H,9,11-22H2,1-8H3/t23-,24?,26?,27-,28-,29-,30-,31-,32?,33-,34+,35-,36-,37-,38-,39-,40-,41+,42+,43+,44+,45+,46-,47-,48-,49-,50?,51-,52+,53+,54+,55+,58+,59-,60+/m1/s1. The van der Waals surface area contributed by atoms with Crippen molar-refractivity contribution in [3.8, 4) is 0 Å². The van der Waals surface area contributed by atoms with E-state index in [1.807, 2.05) is 0 Å². The number of ether oxygens (including phenoxy) is 9. The molecule has 0 aromatic rings. The van der Waals surface area contributed by atoms with Gasteiger partial charge in [0.15, 0.2) is 25.2 Å². The van der Waals surface area contributed by atoms with E-state index in [1.165, 1.54) is 13.8 Å². The van der Waals surface area contributed by atoms with Crippen LogP contribution in [-0.4, -0.2) is 301 Å². The Bertz CT molecular complexity index is 2320. The zero-order valence-corrected chi connectivity index (χ0v) is 51.4. The molecule has 19 N–H and O–H groups in total. The third-order valence-corrected chi connectivity index (χ3v) is 23.2. The van der Waals surface area contributed by atoms with Gasteiger partial charge >= 0.3 is 0 Å². The number of fused-ring (bicyclic) bond motifs is 5. The minimum atomic E-state index is -2.06. The van der Waals surface area contributed by atoms with Gasteiger partial charge in [-0.25, -0.2) is 0 Å². The molecule has 8 fully saturated rings. The minimum absolute atomic E-state index is 0.0335. The lowest BCUT2D eigenvalue weighted by molar-refractivity contribution is -0.386. The molecule has 5 heterocycles. The first-order valence-electron chi connectivity index (χ1n) is 31.4. The van der Waals surface area contributed by atoms with E-state index < -0.39 is 226 Å². The highest BCUT2D eigenvalue weighted by Crippen LogP contribution is 2.75. The zero-order chi connectivity index (χ0) is 64.8. The molecule has 4 unspecified atom stereocenters. The Hall–Kier alpha value is -1.38. The molecule has 9 aliphatic rings. The smallest absolute Gasteiger partial charge is 0.187 e. The minimum Gasteiger partial charge on any atom is -0.394 e. The van der Waals surface area contributed by atoms with Crippen molar-refractivity contribution in [2.24, 2.45) is 51.2 Å². The fourth-order valence-corrected chi connectivity index (χ4v) is 17.5. The van der Waals surface area contributed by atoms with Crippen LogP contribution < -0.4 is 0 Å². The molecular formula is C60H102O28. The van der Waals surface area contributed by atoms with Crippen LogP contribution in [0.1, 0.15) is 107 Å². The van der Waals surface area contributed by atoms with E-state index >= 15 is 0 Å². The van der Waals surface area contributed by atoms with E-state index in [9.17, 15) is 97.0 Å². The Balaban J connectivity index is 0.973. The van der Waals surface area contributed by atoms with Crippen molar-refractivity contribution in [2.75, 3.05) is 33.0 Å². The van der Waals surface area contributed by atoms with Gasteiger partial charge in [0.2, 0.25) is 0 Å². The molecule has 0 bridgehead atoms. The van der Waals surface area contributed by atoms with Crippen molar-refractivity contribution in [3.05, 3.63) is 11.6 Å². The monoisotopic (exact) mass is 1270 g/mol. The molecule has 0 amide bonds. The third kappa shape index (κ3) is 12.4. The van der Waals surface area contributed by atoms with Crippen LogP contribution in [0, 0.1) is 51.2 Å². The molecule has 9 rings (SSSR count). The molecule has 4 aliphatic carbocycles. The maximum Gasteiger partial charge on any atom is 0.187 e. The molecule has 5 aliphatic heterocycles. The summed E-state index contributed by atoms with van der Waals surface area (Å²) in [4.78, 5) is 0. The van der Waals surface area contributed by atoms with Crippen molar-refractivity contribution in [1.29, 1.82) is 0 Å². The van der Waals surface area contributed by atoms with Gasteiger partial charge in [-0.2, -0.15) is 0 Å². The summed E-state index contributed by atoms with van der Waals surface area (Å²) in [5.74, 6) is -1.69. The highest BCUT2D eigenvalue weighted by Gasteiger charge is 2.71. The topological polar surface area (TPSA) is 467 Å². The van der Waals surface area contributed by atoms with Crippen molar-refractivity contribution in [2.45, 2.75) is 278 Å². The summed E-state index contributed by atoms with van der Waals surface area (Å²) in [5, 5.41) is 208. The van der Waals surface area contributed by atoms with E-state index in [2.05, 4.69) is 47.6 Å². The number of allylic oxidation sites excluding steroid dienone is 1. The maximum absolute atomic E-state index is 12.8. The molecule has 0 aromatic heterocycles. The molecule has 0 aromatic carbocycles. The number of hydrogen-bond acceptors (Lipinski definition) is 28. The molecule has 28 nitrogen and oxygen atoms in total. The quantitative estimate of drug-likeness (QED) is 0.0538. The maximum atomic E-state index is 12.8. The van der Waals surface area contributed by atoms with Gasteiger partial charge in [-0.3, -0.25) is 0 Å². The lowest BCUT2D eigenvalue weighted by Gasteiger charge is -2.67. The van der Waals surface area contributed by atoms with Crippen molar-refractivity contribution in [1.82, 2.24) is 0 Å². The predicted octanol–water partition coefficient (Wildman–Crippen LogP) is -5.13. The first-order chi connectivity index (χ1) is 41.2. The highest BCUT2D eigenvalue weighted by molar-refractivity contribution is 5.32. The van der Waals surface area contributed by atoms with Crippen LogP contribution in [0.5, 0.6) is 0 Å². The second-order valence-corrected chi connectivity index (χ2v) is 28.8. The van der Waals surface area contributed by atoms with Gasteiger partial charge in [-0.15, -0.1) is 0 Å². The predicted molar refractivity (Wildman–Crippen MR) is 299 cm³/mol. The Morgan fingerprint density at radius 1 is 0.545 bits per heavy atom. The number of aliphatic hydroxyl groups is 19. The number of aliphatic hydroxyl groups excluding tert-OH is 18. The van der Waals surface area contributed by atoms with Crippen LogP contribution >= 0.6 is 0 Å². The van der Waals surface area contributed by atoms with E-state index in [4.69, 9.17) is 42.6 Å². The molecule has 28 heteroatoms.